The molecule has 1 aromatic carbocycles. The molecule has 0 bridgehead atoms. The van der Waals surface area contributed by atoms with Crippen LogP contribution in [0, 0.1) is 0 Å². The monoisotopic (exact) mass is 285 g/mol. The van der Waals surface area contributed by atoms with Crippen LogP contribution in [0.5, 0.6) is 0 Å². The molecule has 1 aliphatic carbocycles. The van der Waals surface area contributed by atoms with Gasteiger partial charge in [-0.3, -0.25) is 4.90 Å². The Morgan fingerprint density at radius 3 is 2.81 bits per heavy atom. The van der Waals surface area contributed by atoms with Crippen LogP contribution in [0.2, 0.25) is 0 Å². The number of aryl methyl sites for hydroxylation is 1. The lowest BCUT2D eigenvalue weighted by molar-refractivity contribution is 0.295. The van der Waals surface area contributed by atoms with Gasteiger partial charge in [0.1, 0.15) is 0 Å². The summed E-state index contributed by atoms with van der Waals surface area (Å²) in [5.74, 6) is 0. The van der Waals surface area contributed by atoms with Crippen LogP contribution in [0.4, 0.5) is 5.69 Å². The van der Waals surface area contributed by atoms with Gasteiger partial charge >= 0.3 is 0 Å². The van der Waals surface area contributed by atoms with Crippen LogP contribution in [-0.2, 0) is 6.42 Å². The number of nitrogens with zero attached hydrogens (tertiary/aromatic N) is 2. The highest BCUT2D eigenvalue weighted by Gasteiger charge is 2.46. The first-order chi connectivity index (χ1) is 10.3. The summed E-state index contributed by atoms with van der Waals surface area (Å²) in [7, 11) is 0. The normalized spacial score (nSPS) is 30.2. The van der Waals surface area contributed by atoms with Crippen molar-refractivity contribution in [1.29, 1.82) is 0 Å². The first kappa shape index (κ1) is 13.6. The molecule has 2 fully saturated rings. The minimum Gasteiger partial charge on any atom is -0.363 e. The Balaban J connectivity index is 1.67. The van der Waals surface area contributed by atoms with Gasteiger partial charge in [-0.1, -0.05) is 18.2 Å². The van der Waals surface area contributed by atoms with Crippen molar-refractivity contribution in [3.8, 4) is 0 Å². The van der Waals surface area contributed by atoms with Gasteiger partial charge in [-0.15, -0.1) is 0 Å². The highest BCUT2D eigenvalue weighted by Crippen LogP contribution is 2.39. The van der Waals surface area contributed by atoms with Gasteiger partial charge in [-0.2, -0.15) is 0 Å². The van der Waals surface area contributed by atoms with E-state index in [2.05, 4.69) is 34.1 Å². The zero-order valence-corrected chi connectivity index (χ0v) is 12.9. The quantitative estimate of drug-likeness (QED) is 0.925. The summed E-state index contributed by atoms with van der Waals surface area (Å²) < 4.78 is 0. The van der Waals surface area contributed by atoms with Gasteiger partial charge in [0.05, 0.1) is 5.54 Å². The van der Waals surface area contributed by atoms with E-state index >= 15 is 0 Å². The molecule has 1 saturated heterocycles. The molecule has 1 saturated carbocycles. The molecule has 21 heavy (non-hydrogen) atoms. The molecular weight excluding hydrogens is 258 g/mol. The van der Waals surface area contributed by atoms with Gasteiger partial charge in [-0.05, 0) is 50.2 Å². The van der Waals surface area contributed by atoms with E-state index < -0.39 is 0 Å². The van der Waals surface area contributed by atoms with Gasteiger partial charge in [0.15, 0.2) is 0 Å². The molecule has 3 nitrogen and oxygen atoms in total. The topological polar surface area (TPSA) is 32.5 Å². The average molecular weight is 285 g/mol. The molecular formula is C18H27N3. The second kappa shape index (κ2) is 5.29. The van der Waals surface area contributed by atoms with Crippen LogP contribution >= 0.6 is 0 Å². The van der Waals surface area contributed by atoms with E-state index in [1.165, 1.54) is 69.4 Å². The number of benzene rings is 1. The minimum absolute atomic E-state index is 0.170. The first-order valence-corrected chi connectivity index (χ1v) is 8.62. The van der Waals surface area contributed by atoms with Crippen molar-refractivity contribution in [2.45, 2.75) is 50.1 Å². The molecule has 3 heteroatoms. The number of fused-ring (bicyclic) bond motifs is 1. The van der Waals surface area contributed by atoms with Crippen LogP contribution in [0.15, 0.2) is 24.3 Å². The molecule has 1 atom stereocenters. The number of hydrogen-bond acceptors (Lipinski definition) is 3. The van der Waals surface area contributed by atoms with Crippen molar-refractivity contribution in [1.82, 2.24) is 4.90 Å². The molecule has 2 N–H and O–H groups in total. The maximum absolute atomic E-state index is 6.32. The Morgan fingerprint density at radius 1 is 1.14 bits per heavy atom. The largest absolute Gasteiger partial charge is 0.363 e. The Kier molecular flexibility index (Phi) is 3.43. The van der Waals surface area contributed by atoms with E-state index in [0.717, 1.165) is 12.6 Å². The van der Waals surface area contributed by atoms with E-state index in [9.17, 15) is 0 Å². The minimum atomic E-state index is 0.170. The molecule has 2 aliphatic heterocycles. The van der Waals surface area contributed by atoms with Gasteiger partial charge in [0.2, 0.25) is 0 Å². The second-order valence-corrected chi connectivity index (χ2v) is 7.12. The zero-order valence-electron chi connectivity index (χ0n) is 12.9. The fraction of sp³-hybridized carbons (Fsp3) is 0.667. The maximum atomic E-state index is 6.32. The summed E-state index contributed by atoms with van der Waals surface area (Å²) >= 11 is 0. The average Bonchev–Trinajstić information content (AvgIpc) is 3.31. The third-order valence-electron chi connectivity index (χ3n) is 5.74. The Hall–Kier alpha value is -1.06. The molecule has 2 heterocycles. The molecule has 0 aromatic heterocycles. The summed E-state index contributed by atoms with van der Waals surface area (Å²) in [5.41, 5.74) is 9.47. The summed E-state index contributed by atoms with van der Waals surface area (Å²) in [5, 5.41) is 0. The van der Waals surface area contributed by atoms with E-state index in [0.29, 0.717) is 0 Å². The standard InChI is InChI=1S/C18H27N3/c19-13-18(10-12-20(14-18)16-8-9-16)21-11-4-3-6-15-5-1-2-7-17(15)21/h1-2,5,7,16H,3-4,6,8-14,19H2. The third-order valence-corrected chi connectivity index (χ3v) is 5.74. The van der Waals surface area contributed by atoms with Crippen molar-refractivity contribution < 1.29 is 0 Å². The number of nitrogens with two attached hydrogens (primary N) is 1. The Labute approximate surface area is 128 Å². The van der Waals surface area contributed by atoms with Gasteiger partial charge in [0, 0.05) is 37.9 Å². The van der Waals surface area contributed by atoms with E-state index in [4.69, 9.17) is 5.73 Å². The van der Waals surface area contributed by atoms with Gasteiger partial charge in [-0.25, -0.2) is 0 Å². The zero-order chi connectivity index (χ0) is 14.3. The Bertz CT molecular complexity index is 511. The lowest BCUT2D eigenvalue weighted by atomic mass is 9.94. The van der Waals surface area contributed by atoms with Crippen LogP contribution in [-0.4, -0.2) is 42.7 Å². The summed E-state index contributed by atoms with van der Waals surface area (Å²) in [6, 6.07) is 9.86. The molecule has 0 radical (unpaired) electrons. The molecule has 1 aromatic rings. The van der Waals surface area contributed by atoms with Gasteiger partial charge < -0.3 is 10.6 Å². The van der Waals surface area contributed by atoms with Crippen molar-refractivity contribution in [2.75, 3.05) is 31.1 Å². The molecule has 1 unspecified atom stereocenters. The van der Waals surface area contributed by atoms with Crippen molar-refractivity contribution in [3.05, 3.63) is 29.8 Å². The van der Waals surface area contributed by atoms with Crippen LogP contribution in [0.25, 0.3) is 0 Å². The molecule has 3 aliphatic rings. The predicted molar refractivity (Wildman–Crippen MR) is 87.7 cm³/mol. The van der Waals surface area contributed by atoms with Crippen LogP contribution in [0.3, 0.4) is 0 Å². The number of anilines is 1. The highest BCUT2D eigenvalue weighted by atomic mass is 15.3. The number of hydrogen-bond donors (Lipinski definition) is 1. The van der Waals surface area contributed by atoms with Crippen LogP contribution in [0.1, 0.15) is 37.7 Å². The lowest BCUT2D eigenvalue weighted by Gasteiger charge is -2.42. The second-order valence-electron chi connectivity index (χ2n) is 7.12. The lowest BCUT2D eigenvalue weighted by Crippen LogP contribution is -2.56. The molecule has 0 amide bonds. The van der Waals surface area contributed by atoms with Crippen molar-refractivity contribution >= 4 is 5.69 Å². The third kappa shape index (κ3) is 2.36. The van der Waals surface area contributed by atoms with Gasteiger partial charge in [0.25, 0.3) is 0 Å². The predicted octanol–water partition coefficient (Wildman–Crippen LogP) is 2.39. The smallest absolute Gasteiger partial charge is 0.0662 e. The van der Waals surface area contributed by atoms with Crippen molar-refractivity contribution in [2.24, 2.45) is 5.73 Å². The fourth-order valence-electron chi connectivity index (χ4n) is 4.32. The van der Waals surface area contributed by atoms with E-state index in [-0.39, 0.29) is 5.54 Å². The number of para-hydroxylation sites is 1. The number of likely N-dealkylation sites (tertiary alicyclic amines) is 1. The molecule has 0 spiro atoms. The highest BCUT2D eigenvalue weighted by molar-refractivity contribution is 5.57. The van der Waals surface area contributed by atoms with E-state index in [1.807, 2.05) is 0 Å². The van der Waals surface area contributed by atoms with E-state index in [1.54, 1.807) is 0 Å². The van der Waals surface area contributed by atoms with Crippen molar-refractivity contribution in [3.63, 3.8) is 0 Å². The Morgan fingerprint density at radius 2 is 2.00 bits per heavy atom. The van der Waals surface area contributed by atoms with Crippen LogP contribution < -0.4 is 10.6 Å². The number of rotatable bonds is 3. The first-order valence-electron chi connectivity index (χ1n) is 8.62. The molecule has 114 valence electrons. The summed E-state index contributed by atoms with van der Waals surface area (Å²) in [6.07, 6.45) is 7.85. The summed E-state index contributed by atoms with van der Waals surface area (Å²) in [4.78, 5) is 5.37. The molecule has 4 rings (SSSR count). The summed E-state index contributed by atoms with van der Waals surface area (Å²) in [6.45, 7) is 4.36. The SMILES string of the molecule is NCC1(N2CCCCc3ccccc32)CCN(C2CC2)C1. The maximum Gasteiger partial charge on any atom is 0.0662 e. The fourth-order valence-corrected chi connectivity index (χ4v) is 4.32.